The average Bonchev–Trinajstić information content (AvgIpc) is 3.43. The number of aromatic nitrogens is 5. The second kappa shape index (κ2) is 8.24. The van der Waals surface area contributed by atoms with Crippen molar-refractivity contribution in [1.29, 1.82) is 0 Å². The standard InChI is InChI=1S/C21H19FN6O2/c1-13(2)19-26-21(30-27-19)15-5-8-18(23-10-15)28-11-17(25-12-28)20(29)24-9-14-3-6-16(22)7-4-14/h3-8,10-13H,9H2,1-2H3,(H,24,29). The molecule has 1 N–H and O–H groups in total. The summed E-state index contributed by atoms with van der Waals surface area (Å²) >= 11 is 0. The van der Waals surface area contributed by atoms with Gasteiger partial charge in [0.25, 0.3) is 11.8 Å². The van der Waals surface area contributed by atoms with Crippen LogP contribution < -0.4 is 5.32 Å². The minimum Gasteiger partial charge on any atom is -0.347 e. The van der Waals surface area contributed by atoms with Crippen LogP contribution in [0.1, 0.15) is 41.6 Å². The Morgan fingerprint density at radius 2 is 1.97 bits per heavy atom. The third kappa shape index (κ3) is 4.24. The maximum absolute atomic E-state index is 13.0. The number of nitrogens with one attached hydrogen (secondary N) is 1. The van der Waals surface area contributed by atoms with Gasteiger partial charge >= 0.3 is 0 Å². The Morgan fingerprint density at radius 1 is 1.17 bits per heavy atom. The first-order valence-electron chi connectivity index (χ1n) is 9.36. The zero-order valence-electron chi connectivity index (χ0n) is 16.4. The number of carbonyl (C=O) groups is 1. The summed E-state index contributed by atoms with van der Waals surface area (Å²) in [6.07, 6.45) is 4.73. The number of hydrogen-bond acceptors (Lipinski definition) is 6. The highest BCUT2D eigenvalue weighted by atomic mass is 19.1. The predicted molar refractivity (Wildman–Crippen MR) is 106 cm³/mol. The van der Waals surface area contributed by atoms with Crippen LogP contribution in [0.2, 0.25) is 0 Å². The van der Waals surface area contributed by atoms with Gasteiger partial charge in [-0.1, -0.05) is 31.1 Å². The minimum absolute atomic E-state index is 0.174. The van der Waals surface area contributed by atoms with Gasteiger partial charge in [-0.05, 0) is 29.8 Å². The van der Waals surface area contributed by atoms with Crippen LogP contribution in [0.4, 0.5) is 4.39 Å². The summed E-state index contributed by atoms with van der Waals surface area (Å²) < 4.78 is 19.9. The lowest BCUT2D eigenvalue weighted by atomic mass is 10.2. The number of nitrogens with zero attached hydrogens (tertiary/aromatic N) is 5. The maximum Gasteiger partial charge on any atom is 0.271 e. The zero-order chi connectivity index (χ0) is 21.1. The molecule has 1 aromatic carbocycles. The molecule has 30 heavy (non-hydrogen) atoms. The lowest BCUT2D eigenvalue weighted by molar-refractivity contribution is 0.0946. The zero-order valence-corrected chi connectivity index (χ0v) is 16.4. The number of carbonyl (C=O) groups excluding carboxylic acids is 1. The van der Waals surface area contributed by atoms with Gasteiger partial charge in [-0.25, -0.2) is 14.4 Å². The average molecular weight is 406 g/mol. The second-order valence-electron chi connectivity index (χ2n) is 6.99. The maximum atomic E-state index is 13.0. The topological polar surface area (TPSA) is 98.7 Å². The van der Waals surface area contributed by atoms with Crippen LogP contribution >= 0.6 is 0 Å². The third-order valence-electron chi connectivity index (χ3n) is 4.40. The van der Waals surface area contributed by atoms with Crippen molar-refractivity contribution in [3.8, 4) is 17.3 Å². The van der Waals surface area contributed by atoms with E-state index >= 15 is 0 Å². The molecule has 0 saturated carbocycles. The first kappa shape index (κ1) is 19.4. The molecule has 0 bridgehead atoms. The van der Waals surface area contributed by atoms with Crippen LogP contribution in [0.15, 0.2) is 59.6 Å². The van der Waals surface area contributed by atoms with E-state index in [2.05, 4.69) is 25.4 Å². The Labute approximate surface area is 171 Å². The highest BCUT2D eigenvalue weighted by molar-refractivity contribution is 5.92. The van der Waals surface area contributed by atoms with E-state index < -0.39 is 0 Å². The monoisotopic (exact) mass is 406 g/mol. The van der Waals surface area contributed by atoms with Crippen molar-refractivity contribution < 1.29 is 13.7 Å². The Bertz CT molecular complexity index is 1150. The Kier molecular flexibility index (Phi) is 5.34. The van der Waals surface area contributed by atoms with E-state index in [0.29, 0.717) is 23.1 Å². The van der Waals surface area contributed by atoms with E-state index in [1.807, 2.05) is 19.9 Å². The molecule has 0 saturated heterocycles. The van der Waals surface area contributed by atoms with Gasteiger partial charge in [-0.3, -0.25) is 9.36 Å². The summed E-state index contributed by atoms with van der Waals surface area (Å²) in [6.45, 7) is 4.26. The molecular weight excluding hydrogens is 387 g/mol. The molecule has 0 spiro atoms. The summed E-state index contributed by atoms with van der Waals surface area (Å²) in [5.74, 6) is 1.16. The second-order valence-corrected chi connectivity index (χ2v) is 6.99. The number of imidazole rings is 1. The molecule has 4 aromatic rings. The van der Waals surface area contributed by atoms with Gasteiger partial charge < -0.3 is 9.84 Å². The molecule has 0 aliphatic heterocycles. The van der Waals surface area contributed by atoms with Gasteiger partial charge in [0.2, 0.25) is 0 Å². The quantitative estimate of drug-likeness (QED) is 0.526. The molecule has 0 aliphatic carbocycles. The van der Waals surface area contributed by atoms with Gasteiger partial charge in [0, 0.05) is 24.9 Å². The van der Waals surface area contributed by atoms with Crippen molar-refractivity contribution in [3.63, 3.8) is 0 Å². The van der Waals surface area contributed by atoms with Crippen LogP contribution in [-0.4, -0.2) is 30.6 Å². The van der Waals surface area contributed by atoms with Crippen molar-refractivity contribution in [1.82, 2.24) is 30.0 Å². The summed E-state index contributed by atoms with van der Waals surface area (Å²) in [4.78, 5) is 25.2. The Balaban J connectivity index is 1.42. The first-order chi connectivity index (χ1) is 14.5. The van der Waals surface area contributed by atoms with Crippen LogP contribution in [0, 0.1) is 5.82 Å². The first-order valence-corrected chi connectivity index (χ1v) is 9.36. The molecule has 0 aliphatic rings. The van der Waals surface area contributed by atoms with Crippen molar-refractivity contribution in [2.45, 2.75) is 26.3 Å². The molecule has 3 aromatic heterocycles. The van der Waals surface area contributed by atoms with Gasteiger partial charge in [-0.15, -0.1) is 0 Å². The van der Waals surface area contributed by atoms with Crippen LogP contribution in [0.5, 0.6) is 0 Å². The SMILES string of the molecule is CC(C)c1noc(-c2ccc(-n3cnc(C(=O)NCc4ccc(F)cc4)c3)nc2)n1. The largest absolute Gasteiger partial charge is 0.347 e. The summed E-state index contributed by atoms with van der Waals surface area (Å²) in [5, 5.41) is 6.70. The van der Waals surface area contributed by atoms with E-state index in [1.54, 1.807) is 35.2 Å². The Hall–Kier alpha value is -3.88. The van der Waals surface area contributed by atoms with Crippen molar-refractivity contribution in [3.05, 3.63) is 78.0 Å². The third-order valence-corrected chi connectivity index (χ3v) is 4.40. The van der Waals surface area contributed by atoms with Crippen molar-refractivity contribution in [2.75, 3.05) is 0 Å². The molecule has 1 amide bonds. The smallest absolute Gasteiger partial charge is 0.271 e. The molecule has 152 valence electrons. The number of pyridine rings is 1. The molecule has 4 rings (SSSR count). The van der Waals surface area contributed by atoms with Gasteiger partial charge in [0.15, 0.2) is 5.82 Å². The fourth-order valence-corrected chi connectivity index (χ4v) is 2.69. The van der Waals surface area contributed by atoms with E-state index in [9.17, 15) is 9.18 Å². The molecule has 3 heterocycles. The highest BCUT2D eigenvalue weighted by Gasteiger charge is 2.13. The number of halogens is 1. The van der Waals surface area contributed by atoms with E-state index in [0.717, 1.165) is 5.56 Å². The molecule has 0 fully saturated rings. The van der Waals surface area contributed by atoms with Crippen LogP contribution in [0.25, 0.3) is 17.3 Å². The van der Waals surface area contributed by atoms with Gasteiger partial charge in [0.05, 0.1) is 5.56 Å². The van der Waals surface area contributed by atoms with Crippen molar-refractivity contribution >= 4 is 5.91 Å². The van der Waals surface area contributed by atoms with Crippen LogP contribution in [0.3, 0.4) is 0 Å². The molecule has 0 radical (unpaired) electrons. The normalized spacial score (nSPS) is 11.1. The minimum atomic E-state index is -0.332. The number of hydrogen-bond donors (Lipinski definition) is 1. The van der Waals surface area contributed by atoms with Crippen LogP contribution in [-0.2, 0) is 6.54 Å². The number of rotatable bonds is 6. The van der Waals surface area contributed by atoms with Crippen molar-refractivity contribution in [2.24, 2.45) is 0 Å². The Morgan fingerprint density at radius 3 is 2.63 bits per heavy atom. The van der Waals surface area contributed by atoms with Gasteiger partial charge in [0.1, 0.15) is 23.7 Å². The predicted octanol–water partition coefficient (Wildman–Crippen LogP) is 3.51. The lowest BCUT2D eigenvalue weighted by Crippen LogP contribution is -2.23. The molecule has 0 atom stereocenters. The fourth-order valence-electron chi connectivity index (χ4n) is 2.69. The van der Waals surface area contributed by atoms with Gasteiger partial charge in [-0.2, -0.15) is 4.98 Å². The summed E-state index contributed by atoms with van der Waals surface area (Å²) in [7, 11) is 0. The highest BCUT2D eigenvalue weighted by Crippen LogP contribution is 2.20. The molecule has 0 unspecified atom stereocenters. The number of amides is 1. The molecule has 8 nitrogen and oxygen atoms in total. The fraction of sp³-hybridized carbons (Fsp3) is 0.190. The summed E-state index contributed by atoms with van der Waals surface area (Å²) in [6, 6.07) is 9.53. The number of benzene rings is 1. The lowest BCUT2D eigenvalue weighted by Gasteiger charge is -2.03. The van der Waals surface area contributed by atoms with E-state index in [1.165, 1.54) is 18.5 Å². The summed E-state index contributed by atoms with van der Waals surface area (Å²) in [5.41, 5.74) is 1.75. The van der Waals surface area contributed by atoms with E-state index in [4.69, 9.17) is 4.52 Å². The van der Waals surface area contributed by atoms with E-state index in [-0.39, 0.29) is 29.9 Å². The molecular formula is C21H19FN6O2. The molecule has 9 heteroatoms.